The Morgan fingerprint density at radius 3 is 2.82 bits per heavy atom. The minimum atomic E-state index is 0.469. The molecule has 0 aromatic carbocycles. The highest BCUT2D eigenvalue weighted by Crippen LogP contribution is 2.28. The number of ether oxygens (including phenoxy) is 1. The van der Waals surface area contributed by atoms with Crippen molar-refractivity contribution in [2.45, 2.75) is 38.4 Å². The van der Waals surface area contributed by atoms with Crippen LogP contribution >= 0.6 is 0 Å². The molecule has 2 nitrogen and oxygen atoms in total. The van der Waals surface area contributed by atoms with Gasteiger partial charge >= 0.3 is 0 Å². The number of carbonyl (C=O) groups is 1. The normalized spacial score (nSPS) is 29.2. The molecule has 0 N–H and O–H groups in total. The second kappa shape index (κ2) is 4.29. The number of rotatable bonds is 5. The maximum atomic E-state index is 9.87. The first-order chi connectivity index (χ1) is 5.38. The molecule has 1 heterocycles. The Labute approximate surface area is 67.2 Å². The van der Waals surface area contributed by atoms with E-state index in [0.717, 1.165) is 25.5 Å². The summed E-state index contributed by atoms with van der Waals surface area (Å²) in [5.74, 6) is 0. The van der Waals surface area contributed by atoms with Crippen LogP contribution in [0, 0.1) is 0 Å². The Morgan fingerprint density at radius 2 is 2.27 bits per heavy atom. The van der Waals surface area contributed by atoms with Gasteiger partial charge in [0, 0.05) is 0 Å². The molecule has 0 unspecified atom stereocenters. The van der Waals surface area contributed by atoms with Gasteiger partial charge in [-0.3, -0.25) is 4.79 Å². The molecule has 0 bridgehead atoms. The predicted molar refractivity (Wildman–Crippen MR) is 43.4 cm³/mol. The third-order valence-electron chi connectivity index (χ3n) is 1.92. The first-order valence-corrected chi connectivity index (χ1v) is 4.14. The SMILES string of the molecule is CC[C@@H]1O[C@@H]1CC/C=C/C=O. The van der Waals surface area contributed by atoms with Gasteiger partial charge in [-0.25, -0.2) is 0 Å². The molecule has 0 radical (unpaired) electrons. The van der Waals surface area contributed by atoms with E-state index in [1.165, 1.54) is 0 Å². The summed E-state index contributed by atoms with van der Waals surface area (Å²) in [6.45, 7) is 2.13. The maximum Gasteiger partial charge on any atom is 0.142 e. The Morgan fingerprint density at radius 1 is 1.45 bits per heavy atom. The summed E-state index contributed by atoms with van der Waals surface area (Å²) in [5, 5.41) is 0. The summed E-state index contributed by atoms with van der Waals surface area (Å²) in [6.07, 6.45) is 8.34. The van der Waals surface area contributed by atoms with E-state index in [2.05, 4.69) is 6.92 Å². The summed E-state index contributed by atoms with van der Waals surface area (Å²) < 4.78 is 5.32. The second-order valence-electron chi connectivity index (χ2n) is 2.76. The first-order valence-electron chi connectivity index (χ1n) is 4.14. The van der Waals surface area contributed by atoms with Crippen LogP contribution in [0.5, 0.6) is 0 Å². The number of epoxide rings is 1. The van der Waals surface area contributed by atoms with Gasteiger partial charge in [0.05, 0.1) is 12.2 Å². The van der Waals surface area contributed by atoms with Gasteiger partial charge in [0.1, 0.15) is 6.29 Å². The Bertz CT molecular complexity index is 152. The first kappa shape index (κ1) is 8.47. The zero-order chi connectivity index (χ0) is 8.10. The Kier molecular flexibility index (Phi) is 3.30. The molecule has 1 aliphatic heterocycles. The van der Waals surface area contributed by atoms with E-state index in [1.807, 2.05) is 6.08 Å². The van der Waals surface area contributed by atoms with E-state index in [4.69, 9.17) is 4.74 Å². The molecule has 0 amide bonds. The zero-order valence-electron chi connectivity index (χ0n) is 6.82. The van der Waals surface area contributed by atoms with E-state index < -0.39 is 0 Å². The fraction of sp³-hybridized carbons (Fsp3) is 0.667. The van der Waals surface area contributed by atoms with Crippen LogP contribution in [0.4, 0.5) is 0 Å². The molecule has 0 saturated carbocycles. The average molecular weight is 154 g/mol. The minimum Gasteiger partial charge on any atom is -0.370 e. The molecule has 1 aliphatic rings. The van der Waals surface area contributed by atoms with Crippen molar-refractivity contribution < 1.29 is 9.53 Å². The quantitative estimate of drug-likeness (QED) is 0.342. The van der Waals surface area contributed by atoms with Crippen molar-refractivity contribution in [2.75, 3.05) is 0 Å². The van der Waals surface area contributed by atoms with Crippen LogP contribution in [0.3, 0.4) is 0 Å². The lowest BCUT2D eigenvalue weighted by Crippen LogP contribution is -1.90. The topological polar surface area (TPSA) is 29.6 Å². The fourth-order valence-corrected chi connectivity index (χ4v) is 1.20. The molecule has 0 aromatic rings. The van der Waals surface area contributed by atoms with Gasteiger partial charge in [0.25, 0.3) is 0 Å². The molecule has 11 heavy (non-hydrogen) atoms. The maximum absolute atomic E-state index is 9.87. The van der Waals surface area contributed by atoms with Crippen molar-refractivity contribution in [1.29, 1.82) is 0 Å². The number of hydrogen-bond acceptors (Lipinski definition) is 2. The van der Waals surface area contributed by atoms with Crippen molar-refractivity contribution in [3.8, 4) is 0 Å². The van der Waals surface area contributed by atoms with Crippen LogP contribution in [0.25, 0.3) is 0 Å². The molecule has 0 aromatic heterocycles. The van der Waals surface area contributed by atoms with Crippen molar-refractivity contribution in [2.24, 2.45) is 0 Å². The number of allylic oxidation sites excluding steroid dienone is 2. The van der Waals surface area contributed by atoms with E-state index in [9.17, 15) is 4.79 Å². The summed E-state index contributed by atoms with van der Waals surface area (Å²) in [7, 11) is 0. The lowest BCUT2D eigenvalue weighted by molar-refractivity contribution is -0.104. The third-order valence-corrected chi connectivity index (χ3v) is 1.92. The molecular formula is C9H14O2. The molecule has 2 heteroatoms. The highest BCUT2D eigenvalue weighted by Gasteiger charge is 2.35. The van der Waals surface area contributed by atoms with Gasteiger partial charge < -0.3 is 4.74 Å². The largest absolute Gasteiger partial charge is 0.370 e. The van der Waals surface area contributed by atoms with Crippen molar-refractivity contribution >= 4 is 6.29 Å². The van der Waals surface area contributed by atoms with Crippen LogP contribution in [0.15, 0.2) is 12.2 Å². The molecule has 0 spiro atoms. The van der Waals surface area contributed by atoms with Gasteiger partial charge in [-0.2, -0.15) is 0 Å². The van der Waals surface area contributed by atoms with Gasteiger partial charge in [-0.1, -0.05) is 13.0 Å². The molecule has 1 fully saturated rings. The minimum absolute atomic E-state index is 0.469. The van der Waals surface area contributed by atoms with E-state index in [-0.39, 0.29) is 0 Å². The van der Waals surface area contributed by atoms with Crippen LogP contribution in [0.2, 0.25) is 0 Å². The summed E-state index contributed by atoms with van der Waals surface area (Å²) in [5.41, 5.74) is 0. The molecule has 2 atom stereocenters. The highest BCUT2D eigenvalue weighted by molar-refractivity contribution is 5.64. The molecular weight excluding hydrogens is 140 g/mol. The number of aldehydes is 1. The van der Waals surface area contributed by atoms with E-state index in [1.54, 1.807) is 6.08 Å². The van der Waals surface area contributed by atoms with Crippen LogP contribution < -0.4 is 0 Å². The second-order valence-corrected chi connectivity index (χ2v) is 2.76. The molecule has 0 aliphatic carbocycles. The monoisotopic (exact) mass is 154 g/mol. The lowest BCUT2D eigenvalue weighted by atomic mass is 10.1. The summed E-state index contributed by atoms with van der Waals surface area (Å²) >= 11 is 0. The van der Waals surface area contributed by atoms with E-state index >= 15 is 0 Å². The van der Waals surface area contributed by atoms with Gasteiger partial charge in [-0.15, -0.1) is 0 Å². The van der Waals surface area contributed by atoms with Gasteiger partial charge in [0.2, 0.25) is 0 Å². The average Bonchev–Trinajstić information content (AvgIpc) is 2.77. The van der Waals surface area contributed by atoms with Crippen LogP contribution in [-0.2, 0) is 9.53 Å². The summed E-state index contributed by atoms with van der Waals surface area (Å²) in [4.78, 5) is 9.87. The van der Waals surface area contributed by atoms with Gasteiger partial charge in [-0.05, 0) is 25.3 Å². The number of carbonyl (C=O) groups excluding carboxylic acids is 1. The zero-order valence-corrected chi connectivity index (χ0v) is 6.82. The van der Waals surface area contributed by atoms with Crippen molar-refractivity contribution in [3.05, 3.63) is 12.2 Å². The molecule has 62 valence electrons. The summed E-state index contributed by atoms with van der Waals surface area (Å²) in [6, 6.07) is 0. The smallest absolute Gasteiger partial charge is 0.142 e. The predicted octanol–water partition coefficient (Wildman–Crippen LogP) is 1.70. The fourth-order valence-electron chi connectivity index (χ4n) is 1.20. The van der Waals surface area contributed by atoms with Crippen molar-refractivity contribution in [3.63, 3.8) is 0 Å². The van der Waals surface area contributed by atoms with Crippen molar-refractivity contribution in [1.82, 2.24) is 0 Å². The Hall–Kier alpha value is -0.630. The standard InChI is InChI=1S/C9H14O2/c1-2-8-9(11-8)6-4-3-5-7-10/h3,5,7-9H,2,4,6H2,1H3/b5-3+/t8-,9+/m0/s1. The van der Waals surface area contributed by atoms with Crippen LogP contribution in [-0.4, -0.2) is 18.5 Å². The third kappa shape index (κ3) is 2.85. The lowest BCUT2D eigenvalue weighted by Gasteiger charge is -1.86. The molecule has 1 rings (SSSR count). The Balaban J connectivity index is 1.97. The van der Waals surface area contributed by atoms with Crippen LogP contribution in [0.1, 0.15) is 26.2 Å². The molecule has 1 saturated heterocycles. The van der Waals surface area contributed by atoms with E-state index in [0.29, 0.717) is 12.2 Å². The highest BCUT2D eigenvalue weighted by atomic mass is 16.6. The number of hydrogen-bond donors (Lipinski definition) is 0. The van der Waals surface area contributed by atoms with Gasteiger partial charge in [0.15, 0.2) is 0 Å².